The molecule has 5 nitrogen and oxygen atoms in total. The average Bonchev–Trinajstić information content (AvgIpc) is 2.61. The fraction of sp³-hybridized carbons (Fsp3) is 0.692. The summed E-state index contributed by atoms with van der Waals surface area (Å²) in [6.45, 7) is 9.63. The first kappa shape index (κ1) is 15.9. The number of rotatable bonds is 4. The molecule has 108 valence electrons. The lowest BCUT2D eigenvalue weighted by Gasteiger charge is -2.31. The summed E-state index contributed by atoms with van der Waals surface area (Å²) in [4.78, 5) is 24.3. The van der Waals surface area contributed by atoms with Crippen LogP contribution in [-0.4, -0.2) is 40.0 Å². The number of carbonyl (C=O) groups excluding carboxylic acids is 2. The van der Waals surface area contributed by atoms with Crippen LogP contribution in [0.4, 0.5) is 0 Å². The lowest BCUT2D eigenvalue weighted by molar-refractivity contribution is -0.210. The molecule has 0 radical (unpaired) electrons. The highest BCUT2D eigenvalue weighted by molar-refractivity contribution is 6.87. The number of hydrogen-bond acceptors (Lipinski definition) is 5. The molecule has 0 fully saturated rings. The highest BCUT2D eigenvalue weighted by atomic mass is 28.3. The van der Waals surface area contributed by atoms with E-state index >= 15 is 0 Å². The number of esters is 2. The van der Waals surface area contributed by atoms with Crippen LogP contribution in [0.15, 0.2) is 10.8 Å². The van der Waals surface area contributed by atoms with Gasteiger partial charge in [-0.1, -0.05) is 33.5 Å². The second kappa shape index (κ2) is 5.09. The standard InChI is InChI=1S/C13H22O5Si/c1-8(2)13(17-4)9(11(14)16-3)10(12(15)18-13)19(5,6)7/h8H,1-7H3. The maximum absolute atomic E-state index is 12.2. The fourth-order valence-electron chi connectivity index (χ4n) is 2.33. The molecule has 1 unspecified atom stereocenters. The Morgan fingerprint density at radius 1 is 1.26 bits per heavy atom. The summed E-state index contributed by atoms with van der Waals surface area (Å²) in [7, 11) is 0.670. The van der Waals surface area contributed by atoms with E-state index in [0.29, 0.717) is 5.20 Å². The molecule has 0 N–H and O–H groups in total. The Balaban J connectivity index is 3.60. The van der Waals surface area contributed by atoms with Gasteiger partial charge < -0.3 is 14.2 Å². The molecule has 0 amide bonds. The molecule has 1 heterocycles. The van der Waals surface area contributed by atoms with Crippen LogP contribution in [0.25, 0.3) is 0 Å². The van der Waals surface area contributed by atoms with Crippen molar-refractivity contribution in [3.8, 4) is 0 Å². The predicted octanol–water partition coefficient (Wildman–Crippen LogP) is 1.89. The molecule has 1 atom stereocenters. The van der Waals surface area contributed by atoms with Crippen molar-refractivity contribution in [2.45, 2.75) is 39.3 Å². The molecule has 6 heteroatoms. The quantitative estimate of drug-likeness (QED) is 0.583. The van der Waals surface area contributed by atoms with Gasteiger partial charge in [0.1, 0.15) is 5.57 Å². The minimum Gasteiger partial charge on any atom is -0.465 e. The van der Waals surface area contributed by atoms with Gasteiger partial charge in [0.25, 0.3) is 0 Å². The first-order valence-corrected chi connectivity index (χ1v) is 9.73. The highest BCUT2D eigenvalue weighted by Gasteiger charge is 2.56. The second-order valence-corrected chi connectivity index (χ2v) is 10.9. The van der Waals surface area contributed by atoms with E-state index in [4.69, 9.17) is 14.2 Å². The van der Waals surface area contributed by atoms with E-state index < -0.39 is 25.8 Å². The molecule has 1 rings (SSSR count). The summed E-state index contributed by atoms with van der Waals surface area (Å²) in [5.41, 5.74) is 0.233. The Labute approximate surface area is 114 Å². The van der Waals surface area contributed by atoms with E-state index in [9.17, 15) is 9.59 Å². The Hall–Kier alpha value is -1.14. The lowest BCUT2D eigenvalue weighted by atomic mass is 9.95. The average molecular weight is 286 g/mol. The fourth-order valence-corrected chi connectivity index (χ4v) is 4.02. The largest absolute Gasteiger partial charge is 0.465 e. The number of hydrogen-bond donors (Lipinski definition) is 0. The summed E-state index contributed by atoms with van der Waals surface area (Å²) in [6, 6.07) is 0. The molecule has 0 saturated carbocycles. The van der Waals surface area contributed by atoms with Crippen LogP contribution in [-0.2, 0) is 23.8 Å². The van der Waals surface area contributed by atoms with Crippen LogP contribution in [0.2, 0.25) is 19.6 Å². The Morgan fingerprint density at radius 2 is 1.79 bits per heavy atom. The molecule has 0 spiro atoms. The predicted molar refractivity (Wildman–Crippen MR) is 73.1 cm³/mol. The van der Waals surface area contributed by atoms with E-state index in [1.165, 1.54) is 14.2 Å². The second-order valence-electron chi connectivity index (χ2n) is 5.91. The van der Waals surface area contributed by atoms with Crippen LogP contribution in [0.1, 0.15) is 13.8 Å². The third-order valence-corrected chi connectivity index (χ3v) is 5.20. The Morgan fingerprint density at radius 3 is 2.11 bits per heavy atom. The van der Waals surface area contributed by atoms with Gasteiger partial charge >= 0.3 is 11.9 Å². The van der Waals surface area contributed by atoms with Gasteiger partial charge in [-0.15, -0.1) is 0 Å². The van der Waals surface area contributed by atoms with Crippen molar-refractivity contribution < 1.29 is 23.8 Å². The third-order valence-electron chi connectivity index (χ3n) is 3.25. The van der Waals surface area contributed by atoms with E-state index in [2.05, 4.69) is 0 Å². The maximum atomic E-state index is 12.2. The molecule has 0 saturated heterocycles. The normalized spacial score (nSPS) is 23.9. The summed E-state index contributed by atoms with van der Waals surface area (Å²) in [6.07, 6.45) is 0. The third kappa shape index (κ3) is 2.46. The number of methoxy groups -OCH3 is 2. The zero-order valence-electron chi connectivity index (χ0n) is 12.6. The number of ether oxygens (including phenoxy) is 3. The van der Waals surface area contributed by atoms with E-state index in [1.807, 2.05) is 33.5 Å². The van der Waals surface area contributed by atoms with Crippen molar-refractivity contribution in [2.24, 2.45) is 5.92 Å². The van der Waals surface area contributed by atoms with Crippen molar-refractivity contribution in [1.29, 1.82) is 0 Å². The minimum absolute atomic E-state index is 0.190. The zero-order chi connectivity index (χ0) is 15.0. The highest BCUT2D eigenvalue weighted by Crippen LogP contribution is 2.42. The maximum Gasteiger partial charge on any atom is 0.340 e. The molecule has 1 aliphatic rings. The first-order chi connectivity index (χ1) is 8.61. The Kier molecular flexibility index (Phi) is 4.26. The Bertz CT molecular complexity index is 433. The van der Waals surface area contributed by atoms with Gasteiger partial charge in [0.15, 0.2) is 0 Å². The van der Waals surface area contributed by atoms with Gasteiger partial charge in [0, 0.05) is 18.2 Å². The summed E-state index contributed by atoms with van der Waals surface area (Å²) in [5.74, 6) is -2.54. The lowest BCUT2D eigenvalue weighted by Crippen LogP contribution is -2.43. The van der Waals surface area contributed by atoms with Crippen LogP contribution in [0.3, 0.4) is 0 Å². The van der Waals surface area contributed by atoms with Crippen molar-refractivity contribution in [3.05, 3.63) is 10.8 Å². The smallest absolute Gasteiger partial charge is 0.340 e. The molecular formula is C13H22O5Si. The van der Waals surface area contributed by atoms with Crippen LogP contribution in [0.5, 0.6) is 0 Å². The first-order valence-electron chi connectivity index (χ1n) is 6.23. The number of cyclic esters (lactones) is 1. The van der Waals surface area contributed by atoms with Crippen molar-refractivity contribution in [3.63, 3.8) is 0 Å². The van der Waals surface area contributed by atoms with Crippen molar-refractivity contribution in [2.75, 3.05) is 14.2 Å². The van der Waals surface area contributed by atoms with Crippen LogP contribution in [0, 0.1) is 5.92 Å². The summed E-state index contributed by atoms with van der Waals surface area (Å²) in [5, 5.41) is 0.454. The van der Waals surface area contributed by atoms with Gasteiger partial charge in [0.05, 0.1) is 15.2 Å². The van der Waals surface area contributed by atoms with Gasteiger partial charge in [-0.3, -0.25) is 0 Å². The summed E-state index contributed by atoms with van der Waals surface area (Å²) >= 11 is 0. The SMILES string of the molecule is COC(=O)C1=C([Si](C)(C)C)C(=O)OC1(OC)C(C)C. The summed E-state index contributed by atoms with van der Waals surface area (Å²) < 4.78 is 15.7. The zero-order valence-corrected chi connectivity index (χ0v) is 13.6. The van der Waals surface area contributed by atoms with Crippen LogP contribution >= 0.6 is 0 Å². The minimum atomic E-state index is -2.06. The van der Waals surface area contributed by atoms with Gasteiger partial charge in [-0.2, -0.15) is 0 Å². The molecule has 0 bridgehead atoms. The van der Waals surface area contributed by atoms with Gasteiger partial charge in [0.2, 0.25) is 5.79 Å². The molecule has 0 aromatic carbocycles. The van der Waals surface area contributed by atoms with Crippen LogP contribution < -0.4 is 0 Å². The van der Waals surface area contributed by atoms with E-state index in [1.54, 1.807) is 0 Å². The van der Waals surface area contributed by atoms with Crippen molar-refractivity contribution >= 4 is 20.0 Å². The van der Waals surface area contributed by atoms with Gasteiger partial charge in [-0.25, -0.2) is 9.59 Å². The van der Waals surface area contributed by atoms with Crippen molar-refractivity contribution in [1.82, 2.24) is 0 Å². The molecule has 0 aliphatic carbocycles. The monoisotopic (exact) mass is 286 g/mol. The van der Waals surface area contributed by atoms with E-state index in [0.717, 1.165) is 0 Å². The molecule has 1 aliphatic heterocycles. The van der Waals surface area contributed by atoms with Gasteiger partial charge in [-0.05, 0) is 0 Å². The van der Waals surface area contributed by atoms with E-state index in [-0.39, 0.29) is 11.5 Å². The molecular weight excluding hydrogens is 264 g/mol. The number of carbonyl (C=O) groups is 2. The molecule has 0 aromatic rings. The molecule has 19 heavy (non-hydrogen) atoms. The topological polar surface area (TPSA) is 61.8 Å². The molecule has 0 aromatic heterocycles.